The van der Waals surface area contributed by atoms with Gasteiger partial charge in [0, 0.05) is 17.8 Å². The number of nitrogens with one attached hydrogen (secondary N) is 4. The number of fused-ring (bicyclic) bond motifs is 1. The van der Waals surface area contributed by atoms with Crippen LogP contribution in [-0.4, -0.2) is 62.9 Å². The van der Waals surface area contributed by atoms with E-state index in [9.17, 15) is 19.2 Å². The lowest BCUT2D eigenvalue weighted by molar-refractivity contribution is -0.131. The van der Waals surface area contributed by atoms with Gasteiger partial charge in [-0.3, -0.25) is 24.1 Å². The number of anilines is 2. The molecule has 2 heterocycles. The Morgan fingerprint density at radius 1 is 1.12 bits per heavy atom. The Kier molecular flexibility index (Phi) is 9.04. The van der Waals surface area contributed by atoms with E-state index in [1.807, 2.05) is 44.2 Å². The predicted molar refractivity (Wildman–Crippen MR) is 146 cm³/mol. The molecular formula is C27H33N9O4. The number of nitrogen functional groups attached to an aromatic ring is 1. The van der Waals surface area contributed by atoms with Crippen LogP contribution in [-0.2, 0) is 38.6 Å². The van der Waals surface area contributed by atoms with E-state index in [1.165, 1.54) is 4.90 Å². The fraction of sp³-hybridized carbons (Fsp3) is 0.370. The summed E-state index contributed by atoms with van der Waals surface area (Å²) in [6.07, 6.45) is 1.03. The molecule has 3 aromatic rings. The third-order valence-corrected chi connectivity index (χ3v) is 6.90. The van der Waals surface area contributed by atoms with E-state index in [-0.39, 0.29) is 37.8 Å². The van der Waals surface area contributed by atoms with Crippen LogP contribution in [0.5, 0.6) is 0 Å². The maximum absolute atomic E-state index is 13.4. The van der Waals surface area contributed by atoms with E-state index >= 15 is 0 Å². The van der Waals surface area contributed by atoms with Gasteiger partial charge < -0.3 is 21.7 Å². The molecule has 0 radical (unpaired) electrons. The quantitative estimate of drug-likeness (QED) is 0.211. The molecule has 0 saturated carbocycles. The zero-order valence-electron chi connectivity index (χ0n) is 22.4. The second-order valence-corrected chi connectivity index (χ2v) is 9.73. The molecular weight excluding hydrogens is 514 g/mol. The van der Waals surface area contributed by atoms with Gasteiger partial charge in [0.05, 0.1) is 19.5 Å². The van der Waals surface area contributed by atoms with Crippen LogP contribution in [0.25, 0.3) is 0 Å². The van der Waals surface area contributed by atoms with E-state index in [0.717, 1.165) is 11.1 Å². The SMILES string of the molecule is CC[C@H](C)[C@H](NC(=O)Cc1ccccc1)C(=O)NCC(=O)N1c2ccc(N)cc2C[C@H]1C(=O)NCc1nn[nH]n1. The first-order chi connectivity index (χ1) is 19.3. The van der Waals surface area contributed by atoms with Gasteiger partial charge in [0.15, 0.2) is 5.82 Å². The monoisotopic (exact) mass is 547 g/mol. The van der Waals surface area contributed by atoms with E-state index in [2.05, 4.69) is 36.6 Å². The fourth-order valence-electron chi connectivity index (χ4n) is 4.60. The molecule has 2 aromatic carbocycles. The number of nitrogens with zero attached hydrogens (tertiary/aromatic N) is 4. The summed E-state index contributed by atoms with van der Waals surface area (Å²) in [4.78, 5) is 53.8. The summed E-state index contributed by atoms with van der Waals surface area (Å²) in [5.41, 5.74) is 8.56. The molecule has 4 rings (SSSR count). The number of carbonyl (C=O) groups excluding carboxylic acids is 4. The van der Waals surface area contributed by atoms with Crippen LogP contribution < -0.4 is 26.6 Å². The number of hydrogen-bond donors (Lipinski definition) is 5. The van der Waals surface area contributed by atoms with Gasteiger partial charge in [-0.2, -0.15) is 5.21 Å². The molecule has 0 fully saturated rings. The Morgan fingerprint density at radius 2 is 1.90 bits per heavy atom. The number of tetrazole rings is 1. The van der Waals surface area contributed by atoms with Crippen molar-refractivity contribution in [3.05, 3.63) is 65.5 Å². The third-order valence-electron chi connectivity index (χ3n) is 6.90. The number of aromatic nitrogens is 4. The molecule has 0 spiro atoms. The van der Waals surface area contributed by atoms with Crippen LogP contribution >= 0.6 is 0 Å². The summed E-state index contributed by atoms with van der Waals surface area (Å²) >= 11 is 0. The first-order valence-corrected chi connectivity index (χ1v) is 13.1. The lowest BCUT2D eigenvalue weighted by Crippen LogP contribution is -2.54. The van der Waals surface area contributed by atoms with Crippen molar-refractivity contribution in [3.8, 4) is 0 Å². The highest BCUT2D eigenvalue weighted by Crippen LogP contribution is 2.34. The summed E-state index contributed by atoms with van der Waals surface area (Å²) in [5, 5.41) is 21.6. The average Bonchev–Trinajstić information content (AvgIpc) is 3.61. The smallest absolute Gasteiger partial charge is 0.247 e. The van der Waals surface area contributed by atoms with E-state index < -0.39 is 29.8 Å². The minimum Gasteiger partial charge on any atom is -0.399 e. The van der Waals surface area contributed by atoms with Crippen molar-refractivity contribution < 1.29 is 19.2 Å². The van der Waals surface area contributed by atoms with Gasteiger partial charge in [-0.25, -0.2) is 0 Å². The highest BCUT2D eigenvalue weighted by molar-refractivity contribution is 6.05. The molecule has 210 valence electrons. The molecule has 6 N–H and O–H groups in total. The molecule has 1 aromatic heterocycles. The van der Waals surface area contributed by atoms with Crippen LogP contribution in [0.3, 0.4) is 0 Å². The first kappa shape index (κ1) is 28.2. The number of nitrogens with two attached hydrogens (primary N) is 1. The van der Waals surface area contributed by atoms with Gasteiger partial charge >= 0.3 is 0 Å². The predicted octanol–water partition coefficient (Wildman–Crippen LogP) is 0.246. The number of carbonyl (C=O) groups is 4. The molecule has 0 saturated heterocycles. The van der Waals surface area contributed by atoms with Gasteiger partial charge in [-0.15, -0.1) is 10.2 Å². The highest BCUT2D eigenvalue weighted by Gasteiger charge is 2.38. The molecule has 0 unspecified atom stereocenters. The number of amides is 4. The molecule has 13 nitrogen and oxygen atoms in total. The van der Waals surface area contributed by atoms with Crippen LogP contribution in [0.4, 0.5) is 11.4 Å². The zero-order chi connectivity index (χ0) is 28.6. The topological polar surface area (TPSA) is 188 Å². The number of H-pyrrole nitrogens is 1. The lowest BCUT2D eigenvalue weighted by atomic mass is 9.98. The molecule has 13 heteroatoms. The van der Waals surface area contributed by atoms with Crippen molar-refractivity contribution in [2.24, 2.45) is 5.92 Å². The van der Waals surface area contributed by atoms with Crippen molar-refractivity contribution >= 4 is 35.0 Å². The highest BCUT2D eigenvalue weighted by atomic mass is 16.2. The molecule has 0 bridgehead atoms. The van der Waals surface area contributed by atoms with Crippen LogP contribution in [0.1, 0.15) is 37.2 Å². The normalized spacial score (nSPS) is 15.6. The van der Waals surface area contributed by atoms with Crippen molar-refractivity contribution in [2.75, 3.05) is 17.2 Å². The maximum atomic E-state index is 13.4. The largest absolute Gasteiger partial charge is 0.399 e. The standard InChI is InChI=1S/C27H33N9O4/c1-3-16(2)25(31-23(37)11-17-7-5-4-6-8-17)27(40)30-15-24(38)36-20-10-9-19(28)12-18(20)13-21(36)26(39)29-14-22-32-34-35-33-22/h4-10,12,16,21,25H,3,11,13-15,28H2,1-2H3,(H,29,39)(H,30,40)(H,31,37)(H,32,33,34,35)/t16-,21-,25-/m0/s1. The minimum atomic E-state index is -0.857. The number of hydrogen-bond acceptors (Lipinski definition) is 8. The van der Waals surface area contributed by atoms with Crippen molar-refractivity contribution in [1.29, 1.82) is 0 Å². The van der Waals surface area contributed by atoms with Crippen molar-refractivity contribution in [2.45, 2.75) is 51.7 Å². The van der Waals surface area contributed by atoms with E-state index in [1.54, 1.807) is 18.2 Å². The summed E-state index contributed by atoms with van der Waals surface area (Å²) in [6.45, 7) is 3.45. The van der Waals surface area contributed by atoms with Crippen LogP contribution in [0.2, 0.25) is 0 Å². The second-order valence-electron chi connectivity index (χ2n) is 9.73. The summed E-state index contributed by atoms with van der Waals surface area (Å²) in [5.74, 6) is -1.53. The maximum Gasteiger partial charge on any atom is 0.247 e. The van der Waals surface area contributed by atoms with Gasteiger partial charge in [0.25, 0.3) is 0 Å². The Hall–Kier alpha value is -4.81. The Balaban J connectivity index is 1.43. The van der Waals surface area contributed by atoms with Crippen LogP contribution in [0, 0.1) is 5.92 Å². The minimum absolute atomic E-state index is 0.0301. The summed E-state index contributed by atoms with van der Waals surface area (Å²) in [6, 6.07) is 12.6. The average molecular weight is 548 g/mol. The third kappa shape index (κ3) is 6.79. The van der Waals surface area contributed by atoms with Gasteiger partial charge in [0.1, 0.15) is 12.1 Å². The second kappa shape index (κ2) is 12.8. The van der Waals surface area contributed by atoms with Crippen molar-refractivity contribution in [3.63, 3.8) is 0 Å². The molecule has 1 aliphatic heterocycles. The molecule has 4 amide bonds. The number of aromatic amines is 1. The van der Waals surface area contributed by atoms with Crippen LogP contribution in [0.15, 0.2) is 48.5 Å². The molecule has 40 heavy (non-hydrogen) atoms. The van der Waals surface area contributed by atoms with Crippen molar-refractivity contribution in [1.82, 2.24) is 36.6 Å². The van der Waals surface area contributed by atoms with E-state index in [4.69, 9.17) is 5.73 Å². The number of benzene rings is 2. The molecule has 3 atom stereocenters. The zero-order valence-corrected chi connectivity index (χ0v) is 22.4. The fourth-order valence-corrected chi connectivity index (χ4v) is 4.60. The van der Waals surface area contributed by atoms with Gasteiger partial charge in [0.2, 0.25) is 23.6 Å². The Bertz CT molecular complexity index is 1350. The van der Waals surface area contributed by atoms with E-state index in [0.29, 0.717) is 23.6 Å². The number of rotatable bonds is 11. The summed E-state index contributed by atoms with van der Waals surface area (Å²) < 4.78 is 0. The summed E-state index contributed by atoms with van der Waals surface area (Å²) in [7, 11) is 0. The Morgan fingerprint density at radius 3 is 2.60 bits per heavy atom. The lowest BCUT2D eigenvalue weighted by Gasteiger charge is -2.27. The molecule has 1 aliphatic rings. The first-order valence-electron chi connectivity index (χ1n) is 13.1. The molecule has 0 aliphatic carbocycles. The van der Waals surface area contributed by atoms with Gasteiger partial charge in [-0.1, -0.05) is 55.8 Å². The van der Waals surface area contributed by atoms with Gasteiger partial charge in [-0.05, 0) is 35.2 Å². The Labute approximate surface area is 231 Å².